The van der Waals surface area contributed by atoms with E-state index in [4.69, 9.17) is 50.7 Å². The van der Waals surface area contributed by atoms with E-state index in [1.165, 1.54) is 93.1 Å². The Morgan fingerprint density at radius 1 is 0.320 bits per heavy atom. The van der Waals surface area contributed by atoms with Gasteiger partial charge >= 0.3 is 50.6 Å². The molecule has 5 heterocycles. The SMILES string of the molecule is CS(=O)(=O)O/N=C(/c1nc2ccccc2s1)c1c(Cl)cc(Cl)cc1Cl.CS(=O)(=O)O/N=C(\c1ccc(Cl)cc1)c1nc2ccccc2s1.CS(=O)(=O)O/N=C(\c1ccccc1)c1nc2ccccc2s1.Cc1ccc(/C(=N\OS(=O)(=O)c2ccccc2)c2nc3ccccc3s2)cc1.Cc1ccc(S(=O)(=O)O/N=C(\C#N)c2nc3ccccc3s2)cc1. The third kappa shape index (κ3) is 24.7. The highest BCUT2D eigenvalue weighted by atomic mass is 35.5. The number of thiazole rings is 5. The molecule has 16 rings (SSSR count). The van der Waals surface area contributed by atoms with E-state index in [0.717, 1.165) is 86.6 Å². The summed E-state index contributed by atoms with van der Waals surface area (Å²) in [5.41, 5.74) is 9.39. The van der Waals surface area contributed by atoms with Crippen LogP contribution in [-0.4, -0.2) is 114 Å². The number of para-hydroxylation sites is 5. The zero-order valence-corrected chi connectivity index (χ0v) is 74.7. The number of nitriles is 1. The second-order valence-electron chi connectivity index (χ2n) is 25.2. The molecule has 122 heavy (non-hydrogen) atoms. The molecule has 0 spiro atoms. The normalized spacial score (nSPS) is 12.4. The zero-order valence-electron chi connectivity index (χ0n) is 63.5. The Labute approximate surface area is 739 Å². The summed E-state index contributed by atoms with van der Waals surface area (Å²) in [7, 11) is -19.3. The lowest BCUT2D eigenvalue weighted by atomic mass is 10.1. The van der Waals surface area contributed by atoms with E-state index >= 15 is 0 Å². The van der Waals surface area contributed by atoms with Crippen molar-refractivity contribution in [2.45, 2.75) is 23.6 Å². The smallest absolute Gasteiger partial charge is 0.268 e. The summed E-state index contributed by atoms with van der Waals surface area (Å²) >= 11 is 31.2. The fourth-order valence-corrected chi connectivity index (χ4v) is 18.3. The van der Waals surface area contributed by atoms with Crippen molar-refractivity contribution in [3.63, 3.8) is 0 Å². The van der Waals surface area contributed by atoms with Gasteiger partial charge in [-0.15, -0.1) is 56.7 Å². The van der Waals surface area contributed by atoms with Gasteiger partial charge in [0.2, 0.25) is 5.71 Å². The van der Waals surface area contributed by atoms with Crippen molar-refractivity contribution in [1.82, 2.24) is 24.9 Å². The first-order valence-electron chi connectivity index (χ1n) is 35.0. The van der Waals surface area contributed by atoms with Crippen LogP contribution in [0.3, 0.4) is 0 Å². The molecule has 620 valence electrons. The van der Waals surface area contributed by atoms with Crippen molar-refractivity contribution in [3.05, 3.63) is 345 Å². The van der Waals surface area contributed by atoms with Crippen LogP contribution in [0.5, 0.6) is 0 Å². The van der Waals surface area contributed by atoms with Gasteiger partial charge in [-0.25, -0.2) is 24.9 Å². The summed E-state index contributed by atoms with van der Waals surface area (Å²) in [6.07, 6.45) is 2.78. The Morgan fingerprint density at radius 3 is 0.959 bits per heavy atom. The van der Waals surface area contributed by atoms with Crippen LogP contribution in [0, 0.1) is 25.2 Å². The maximum atomic E-state index is 12.5. The number of nitrogens with zero attached hydrogens (tertiary/aromatic N) is 11. The molecule has 0 saturated carbocycles. The second-order valence-corrected chi connectivity index (χ2v) is 39.8. The molecule has 0 amide bonds. The quantitative estimate of drug-likeness (QED) is 0.0476. The van der Waals surface area contributed by atoms with Gasteiger partial charge in [-0.3, -0.25) is 21.4 Å². The van der Waals surface area contributed by atoms with Crippen LogP contribution < -0.4 is 0 Å². The largest absolute Gasteiger partial charge is 0.358 e. The maximum absolute atomic E-state index is 12.5. The predicted molar refractivity (Wildman–Crippen MR) is 485 cm³/mol. The summed E-state index contributed by atoms with van der Waals surface area (Å²) in [6, 6.07) is 80.3. The number of halogens is 4. The molecule has 0 unspecified atom stereocenters. The van der Waals surface area contributed by atoms with Crippen LogP contribution >= 0.6 is 103 Å². The van der Waals surface area contributed by atoms with Gasteiger partial charge in [0.25, 0.3) is 0 Å². The van der Waals surface area contributed by atoms with Crippen molar-refractivity contribution < 1.29 is 63.5 Å². The van der Waals surface area contributed by atoms with E-state index in [9.17, 15) is 47.4 Å². The second kappa shape index (κ2) is 40.1. The molecule has 26 nitrogen and oxygen atoms in total. The monoisotopic (exact) mass is 1900 g/mol. The lowest BCUT2D eigenvalue weighted by Gasteiger charge is -2.08. The first-order valence-corrected chi connectivity index (χ1v) is 48.9. The molecule has 0 fully saturated rings. The molecule has 0 aliphatic heterocycles. The summed E-state index contributed by atoms with van der Waals surface area (Å²) in [5.74, 6) is 0. The molecule has 0 N–H and O–H groups in total. The average molecular weight is 1900 g/mol. The number of hydrogen-bond donors (Lipinski definition) is 0. The molecule has 11 aromatic carbocycles. The minimum atomic E-state index is -4.08. The number of aryl methyl sites for hydroxylation is 2. The van der Waals surface area contributed by atoms with E-state index < -0.39 is 50.6 Å². The van der Waals surface area contributed by atoms with Crippen molar-refractivity contribution >= 4 is 233 Å². The number of benzene rings is 11. The molecule has 16 aromatic rings. The molecule has 5 aromatic heterocycles. The van der Waals surface area contributed by atoms with Crippen molar-refractivity contribution in [2.75, 3.05) is 18.8 Å². The van der Waals surface area contributed by atoms with Crippen molar-refractivity contribution in [1.29, 1.82) is 5.26 Å². The maximum Gasteiger partial charge on any atom is 0.358 e. The van der Waals surface area contributed by atoms with Crippen molar-refractivity contribution in [3.8, 4) is 6.07 Å². The van der Waals surface area contributed by atoms with Gasteiger partial charge < -0.3 is 0 Å². The molecule has 40 heteroatoms. The van der Waals surface area contributed by atoms with Gasteiger partial charge in [-0.05, 0) is 123 Å². The van der Waals surface area contributed by atoms with Gasteiger partial charge in [0, 0.05) is 32.3 Å². The summed E-state index contributed by atoms with van der Waals surface area (Å²) < 4.78 is 145. The number of aromatic nitrogens is 5. The first kappa shape index (κ1) is 89.9. The van der Waals surface area contributed by atoms with E-state index in [1.807, 2.05) is 190 Å². The number of oxime groups is 5. The van der Waals surface area contributed by atoms with Crippen LogP contribution in [0.15, 0.2) is 302 Å². The Morgan fingerprint density at radius 2 is 0.598 bits per heavy atom. The Bertz CT molecular complexity index is 7150. The molecule has 0 saturated heterocycles. The minimum Gasteiger partial charge on any atom is -0.268 e. The average Bonchev–Trinajstić information content (AvgIpc) is 1.82. The fourth-order valence-electron chi connectivity index (χ4n) is 10.4. The Hall–Kier alpha value is -11.4. The Kier molecular flexibility index (Phi) is 29.5. The standard InChI is InChI=1S/C21H16N2O3S2.C16H11N3O3S2.C15H9Cl3N2O3S2.C15H11ClN2O3S2.C15H12N2O3S2/c1-15-11-13-16(14-12-15)20(21-22-18-9-5-6-10-19(18)27-21)23-26-28(24,25)17-7-3-2-4-8-17;1-11-6-8-12(9-7-11)24(20,21)22-19-14(10-17)16-18-13-4-2-3-5-15(13)23-16;1-25(21,22)23-20-14(13-9(17)6-8(16)7-10(13)18)15-19-11-4-2-3-5-12(11)24-15;1-23(19,20)21-18-14(10-6-8-11(16)9-7-10)15-17-12-4-2-3-5-13(12)22-15;1-22(18,19)20-17-14(11-7-3-2-4-8-11)15-16-12-9-5-6-10-13(12)21-15/h2-14H,1H3;2-9H,1H3;2-7H,1H3;2-9H,1H3;2-10H,1H3/b23-20+;19-14+;20-14+;18-14+;17-14+. The van der Waals surface area contributed by atoms with E-state index in [1.54, 1.807) is 60.7 Å². The van der Waals surface area contributed by atoms with Gasteiger partial charge in [0.15, 0.2) is 10.7 Å². The van der Waals surface area contributed by atoms with E-state index in [0.29, 0.717) is 63.3 Å². The lowest BCUT2D eigenvalue weighted by molar-refractivity contribution is 0.338. The third-order valence-electron chi connectivity index (χ3n) is 15.9. The molecular formula is C82H59Cl4N11O15S10. The van der Waals surface area contributed by atoms with Crippen molar-refractivity contribution in [2.24, 2.45) is 25.8 Å². The Balaban J connectivity index is 0.000000140. The van der Waals surface area contributed by atoms with Gasteiger partial charge in [-0.1, -0.05) is 241 Å². The summed E-state index contributed by atoms with van der Waals surface area (Å²) in [5, 5.41) is 31.9. The molecular weight excluding hydrogens is 1840 g/mol. The van der Waals surface area contributed by atoms with E-state index in [2.05, 4.69) is 67.8 Å². The summed E-state index contributed by atoms with van der Waals surface area (Å²) in [4.78, 5) is 22.3. The highest BCUT2D eigenvalue weighted by Gasteiger charge is 2.25. The van der Waals surface area contributed by atoms with E-state index in [-0.39, 0.29) is 36.8 Å². The molecule has 0 aliphatic rings. The van der Waals surface area contributed by atoms with Crippen LogP contribution in [0.1, 0.15) is 58.4 Å². The summed E-state index contributed by atoms with van der Waals surface area (Å²) in [6.45, 7) is 3.82. The molecule has 0 radical (unpaired) electrons. The molecule has 0 bridgehead atoms. The highest BCUT2D eigenvalue weighted by molar-refractivity contribution is 7.87. The lowest BCUT2D eigenvalue weighted by Crippen LogP contribution is -2.08. The van der Waals surface area contributed by atoms with Gasteiger partial charge in [-0.2, -0.15) is 47.4 Å². The number of fused-ring (bicyclic) bond motifs is 5. The van der Waals surface area contributed by atoms with Crippen LogP contribution in [0.2, 0.25) is 20.1 Å². The van der Waals surface area contributed by atoms with Gasteiger partial charge in [0.05, 0.1) is 79.9 Å². The number of hydrogen-bond acceptors (Lipinski definition) is 31. The topological polar surface area (TPSA) is 367 Å². The van der Waals surface area contributed by atoms with Crippen LogP contribution in [-0.2, 0) is 72.0 Å². The fraction of sp³-hybridized carbons (Fsp3) is 0.0610. The third-order valence-corrected chi connectivity index (χ3v) is 25.5. The minimum absolute atomic E-state index is 0.0292. The predicted octanol–water partition coefficient (Wildman–Crippen LogP) is 19.7. The van der Waals surface area contributed by atoms with Crippen LogP contribution in [0.25, 0.3) is 51.1 Å². The molecule has 0 aliphatic carbocycles. The zero-order chi connectivity index (χ0) is 86.9. The van der Waals surface area contributed by atoms with Crippen LogP contribution in [0.4, 0.5) is 0 Å². The molecule has 0 atom stereocenters. The van der Waals surface area contributed by atoms with Gasteiger partial charge in [0.1, 0.15) is 53.0 Å². The highest BCUT2D eigenvalue weighted by Crippen LogP contribution is 2.35. The number of rotatable bonds is 21. The first-order chi connectivity index (χ1) is 58.2.